The van der Waals surface area contributed by atoms with Gasteiger partial charge < -0.3 is 15.8 Å². The molecule has 0 aliphatic rings. The van der Waals surface area contributed by atoms with Crippen LogP contribution in [0, 0.1) is 0 Å². The van der Waals surface area contributed by atoms with Crippen LogP contribution in [0.3, 0.4) is 0 Å². The summed E-state index contributed by atoms with van der Waals surface area (Å²) < 4.78 is 17.1. The number of carbonyl (C=O) groups is 1. The molecule has 1 unspecified atom stereocenters. The highest BCUT2D eigenvalue weighted by Gasteiger charge is 2.12. The largest absolute Gasteiger partial charge is 0.491 e. The molecule has 0 saturated carbocycles. The van der Waals surface area contributed by atoms with Gasteiger partial charge in [-0.25, -0.2) is 4.39 Å². The van der Waals surface area contributed by atoms with Crippen molar-refractivity contribution in [2.75, 3.05) is 18.6 Å². The fraction of sp³-hybridized carbons (Fsp3) is 0.462. The van der Waals surface area contributed by atoms with Crippen molar-refractivity contribution in [1.29, 1.82) is 0 Å². The minimum absolute atomic E-state index is 0. The third kappa shape index (κ3) is 6.40. The fourth-order valence-corrected chi connectivity index (χ4v) is 1.50. The van der Waals surface area contributed by atoms with Crippen LogP contribution in [0.5, 0.6) is 5.75 Å². The van der Waals surface area contributed by atoms with Crippen molar-refractivity contribution in [2.24, 2.45) is 5.73 Å². The first-order valence-electron chi connectivity index (χ1n) is 6.02. The number of rotatable bonds is 7. The van der Waals surface area contributed by atoms with E-state index in [9.17, 15) is 9.18 Å². The third-order valence-electron chi connectivity index (χ3n) is 2.38. The number of carbonyl (C=O) groups excluding carboxylic acids is 1. The Labute approximate surface area is 118 Å². The van der Waals surface area contributed by atoms with Crippen molar-refractivity contribution in [2.45, 2.75) is 25.8 Å². The summed E-state index contributed by atoms with van der Waals surface area (Å²) in [6.45, 7) is 1.43. The van der Waals surface area contributed by atoms with E-state index < -0.39 is 12.7 Å². The lowest BCUT2D eigenvalue weighted by Gasteiger charge is -2.12. The zero-order valence-electron chi connectivity index (χ0n) is 10.9. The zero-order chi connectivity index (χ0) is 13.4. The van der Waals surface area contributed by atoms with E-state index in [1.54, 1.807) is 24.3 Å². The molecule has 0 bridgehead atoms. The van der Waals surface area contributed by atoms with E-state index in [-0.39, 0.29) is 24.9 Å². The predicted molar refractivity (Wildman–Crippen MR) is 76.7 cm³/mol. The van der Waals surface area contributed by atoms with Crippen LogP contribution in [0.15, 0.2) is 24.3 Å². The minimum Gasteiger partial charge on any atom is -0.491 e. The normalized spacial score (nSPS) is 11.3. The molecule has 4 nitrogen and oxygen atoms in total. The molecule has 0 fully saturated rings. The highest BCUT2D eigenvalue weighted by molar-refractivity contribution is 5.94. The molecule has 1 amide bonds. The van der Waals surface area contributed by atoms with Gasteiger partial charge in [0.05, 0.1) is 6.04 Å². The molecular weight excluding hydrogens is 271 g/mol. The smallest absolute Gasteiger partial charge is 0.241 e. The summed E-state index contributed by atoms with van der Waals surface area (Å²) in [4.78, 5) is 11.7. The van der Waals surface area contributed by atoms with Crippen molar-refractivity contribution in [1.82, 2.24) is 0 Å². The number of anilines is 1. The highest BCUT2D eigenvalue weighted by atomic mass is 35.5. The van der Waals surface area contributed by atoms with Gasteiger partial charge in [0, 0.05) is 11.8 Å². The molecule has 19 heavy (non-hydrogen) atoms. The van der Waals surface area contributed by atoms with E-state index in [2.05, 4.69) is 5.32 Å². The number of alkyl halides is 1. The number of hydrogen-bond donors (Lipinski definition) is 2. The van der Waals surface area contributed by atoms with Gasteiger partial charge in [0.15, 0.2) is 0 Å². The summed E-state index contributed by atoms with van der Waals surface area (Å²) in [6, 6.07) is 6.31. The molecule has 0 saturated heterocycles. The number of hydrogen-bond acceptors (Lipinski definition) is 3. The molecule has 0 aliphatic heterocycles. The molecule has 0 aliphatic carbocycles. The molecule has 1 rings (SSSR count). The maximum Gasteiger partial charge on any atom is 0.241 e. The van der Waals surface area contributed by atoms with Gasteiger partial charge in [-0.2, -0.15) is 0 Å². The number of ether oxygens (including phenoxy) is 1. The van der Waals surface area contributed by atoms with Crippen LogP contribution in [0.25, 0.3) is 0 Å². The summed E-state index contributed by atoms with van der Waals surface area (Å²) in [5, 5.41) is 2.71. The minimum atomic E-state index is -0.544. The van der Waals surface area contributed by atoms with Crippen LogP contribution in [0.4, 0.5) is 10.1 Å². The van der Waals surface area contributed by atoms with Crippen LogP contribution >= 0.6 is 12.4 Å². The zero-order valence-corrected chi connectivity index (χ0v) is 11.7. The Bertz CT molecular complexity index is 391. The molecular formula is C13H20ClFN2O2. The Morgan fingerprint density at radius 3 is 2.89 bits per heavy atom. The standard InChI is InChI=1S/C13H19FN2O2.ClH/c1-2-4-12(15)13(17)16-10-5-3-6-11(9-10)18-8-7-14;/h3,5-6,9,12H,2,4,7-8,15H2,1H3,(H,16,17);1H. The van der Waals surface area contributed by atoms with Gasteiger partial charge in [0.1, 0.15) is 19.0 Å². The van der Waals surface area contributed by atoms with Crippen LogP contribution in [0.2, 0.25) is 0 Å². The van der Waals surface area contributed by atoms with Crippen LogP contribution < -0.4 is 15.8 Å². The summed E-state index contributed by atoms with van der Waals surface area (Å²) in [6.07, 6.45) is 1.50. The van der Waals surface area contributed by atoms with Crippen molar-refractivity contribution < 1.29 is 13.9 Å². The Morgan fingerprint density at radius 1 is 1.53 bits per heavy atom. The van der Waals surface area contributed by atoms with Gasteiger partial charge in [-0.05, 0) is 18.6 Å². The van der Waals surface area contributed by atoms with E-state index >= 15 is 0 Å². The van der Waals surface area contributed by atoms with Crippen molar-refractivity contribution >= 4 is 24.0 Å². The predicted octanol–water partition coefficient (Wildman–Crippen LogP) is 2.52. The third-order valence-corrected chi connectivity index (χ3v) is 2.38. The SMILES string of the molecule is CCCC(N)C(=O)Nc1cccc(OCCF)c1.Cl. The second kappa shape index (κ2) is 9.58. The first-order valence-corrected chi connectivity index (χ1v) is 6.02. The van der Waals surface area contributed by atoms with E-state index in [0.29, 0.717) is 17.9 Å². The van der Waals surface area contributed by atoms with Crippen molar-refractivity contribution in [3.05, 3.63) is 24.3 Å². The average molecular weight is 291 g/mol. The van der Waals surface area contributed by atoms with E-state index in [1.807, 2.05) is 6.92 Å². The molecule has 108 valence electrons. The summed E-state index contributed by atoms with van der Waals surface area (Å²) in [7, 11) is 0. The van der Waals surface area contributed by atoms with Gasteiger partial charge in [0.25, 0.3) is 0 Å². The molecule has 6 heteroatoms. The van der Waals surface area contributed by atoms with Crippen molar-refractivity contribution in [3.8, 4) is 5.75 Å². The van der Waals surface area contributed by atoms with Crippen LogP contribution in [0.1, 0.15) is 19.8 Å². The summed E-state index contributed by atoms with van der Waals surface area (Å²) in [5.41, 5.74) is 6.30. The number of benzene rings is 1. The summed E-state index contributed by atoms with van der Waals surface area (Å²) in [5.74, 6) is 0.300. The van der Waals surface area contributed by atoms with Gasteiger partial charge in [-0.1, -0.05) is 19.4 Å². The highest BCUT2D eigenvalue weighted by Crippen LogP contribution is 2.17. The second-order valence-corrected chi connectivity index (χ2v) is 3.95. The maximum absolute atomic E-state index is 12.0. The maximum atomic E-state index is 12.0. The molecule has 1 atom stereocenters. The topological polar surface area (TPSA) is 64.4 Å². The first-order chi connectivity index (χ1) is 8.67. The molecule has 0 heterocycles. The first kappa shape index (κ1) is 17.7. The number of nitrogens with one attached hydrogen (secondary N) is 1. The van der Waals surface area contributed by atoms with Gasteiger partial charge in [-0.3, -0.25) is 4.79 Å². The monoisotopic (exact) mass is 290 g/mol. The van der Waals surface area contributed by atoms with E-state index in [1.165, 1.54) is 0 Å². The van der Waals surface area contributed by atoms with E-state index in [4.69, 9.17) is 10.5 Å². The van der Waals surface area contributed by atoms with Crippen molar-refractivity contribution in [3.63, 3.8) is 0 Å². The van der Waals surface area contributed by atoms with Gasteiger partial charge in [0.2, 0.25) is 5.91 Å². The summed E-state index contributed by atoms with van der Waals surface area (Å²) >= 11 is 0. The second-order valence-electron chi connectivity index (χ2n) is 3.95. The van der Waals surface area contributed by atoms with Gasteiger partial charge in [-0.15, -0.1) is 12.4 Å². The van der Waals surface area contributed by atoms with E-state index in [0.717, 1.165) is 6.42 Å². The van der Waals surface area contributed by atoms with Crippen LogP contribution in [-0.4, -0.2) is 25.2 Å². The Hall–Kier alpha value is -1.33. The molecule has 1 aromatic rings. The molecule has 0 aromatic heterocycles. The number of halogens is 2. The Morgan fingerprint density at radius 2 is 2.26 bits per heavy atom. The molecule has 0 radical (unpaired) electrons. The average Bonchev–Trinajstić information content (AvgIpc) is 2.37. The lowest BCUT2D eigenvalue weighted by atomic mass is 10.1. The lowest BCUT2D eigenvalue weighted by Crippen LogP contribution is -2.35. The fourth-order valence-electron chi connectivity index (χ4n) is 1.50. The van der Waals surface area contributed by atoms with Gasteiger partial charge >= 0.3 is 0 Å². The Kier molecular flexibility index (Phi) is 8.91. The quantitative estimate of drug-likeness (QED) is 0.811. The van der Waals surface area contributed by atoms with Crippen LogP contribution in [-0.2, 0) is 4.79 Å². The number of amides is 1. The molecule has 1 aromatic carbocycles. The molecule has 3 N–H and O–H groups in total. The number of nitrogens with two attached hydrogens (primary N) is 1. The Balaban J connectivity index is 0.00000324. The molecule has 0 spiro atoms. The lowest BCUT2D eigenvalue weighted by molar-refractivity contribution is -0.117.